The van der Waals surface area contributed by atoms with Crippen LogP contribution in [0.25, 0.3) is 0 Å². The smallest absolute Gasteiger partial charge is 0.220 e. The van der Waals surface area contributed by atoms with E-state index >= 15 is 0 Å². The van der Waals surface area contributed by atoms with E-state index < -0.39 is 0 Å². The second-order valence-electron chi connectivity index (χ2n) is 5.55. The van der Waals surface area contributed by atoms with Crippen molar-refractivity contribution in [3.8, 4) is 0 Å². The summed E-state index contributed by atoms with van der Waals surface area (Å²) in [6.45, 7) is 2.91. The number of Topliss-reactive ketones (excluding diaryl/α,β-unsaturated/α-hetero) is 1. The van der Waals surface area contributed by atoms with Crippen LogP contribution in [-0.4, -0.2) is 18.2 Å². The Labute approximate surface area is 138 Å². The molecule has 1 aromatic carbocycles. The standard InChI is InChI=1S/C18H26ClNO2/c1-2-3-4-5-6-7-14-20-18(22)13-12-17(21)15-8-10-16(19)11-9-15/h8-11H,2-7,12-14H2,1H3,(H,20,22). The van der Waals surface area contributed by atoms with Crippen molar-refractivity contribution in [1.82, 2.24) is 5.32 Å². The zero-order valence-corrected chi connectivity index (χ0v) is 14.1. The van der Waals surface area contributed by atoms with Crippen molar-refractivity contribution in [2.24, 2.45) is 0 Å². The van der Waals surface area contributed by atoms with Crippen molar-refractivity contribution >= 4 is 23.3 Å². The van der Waals surface area contributed by atoms with Crippen molar-refractivity contribution in [3.05, 3.63) is 34.9 Å². The lowest BCUT2D eigenvalue weighted by molar-refractivity contribution is -0.121. The molecule has 4 heteroatoms. The maximum absolute atomic E-state index is 11.9. The number of halogens is 1. The number of amides is 1. The van der Waals surface area contributed by atoms with Gasteiger partial charge in [-0.2, -0.15) is 0 Å². The molecule has 122 valence electrons. The van der Waals surface area contributed by atoms with Gasteiger partial charge >= 0.3 is 0 Å². The molecule has 0 saturated carbocycles. The van der Waals surface area contributed by atoms with Crippen molar-refractivity contribution in [3.63, 3.8) is 0 Å². The van der Waals surface area contributed by atoms with E-state index in [-0.39, 0.29) is 24.5 Å². The predicted molar refractivity (Wildman–Crippen MR) is 91.4 cm³/mol. The van der Waals surface area contributed by atoms with Crippen LogP contribution in [0.15, 0.2) is 24.3 Å². The van der Waals surface area contributed by atoms with Crippen molar-refractivity contribution in [2.45, 2.75) is 58.3 Å². The molecule has 1 rings (SSSR count). The van der Waals surface area contributed by atoms with E-state index in [2.05, 4.69) is 12.2 Å². The molecule has 0 aliphatic carbocycles. The molecule has 0 fully saturated rings. The number of nitrogens with one attached hydrogen (secondary N) is 1. The number of ketones is 1. The van der Waals surface area contributed by atoms with Gasteiger partial charge in [0.1, 0.15) is 0 Å². The Morgan fingerprint density at radius 3 is 2.27 bits per heavy atom. The predicted octanol–water partition coefficient (Wildman–Crippen LogP) is 4.78. The van der Waals surface area contributed by atoms with Crippen molar-refractivity contribution < 1.29 is 9.59 Å². The van der Waals surface area contributed by atoms with Crippen LogP contribution >= 0.6 is 11.6 Å². The largest absolute Gasteiger partial charge is 0.356 e. The fraction of sp³-hybridized carbons (Fsp3) is 0.556. The minimum absolute atomic E-state index is 0.0219. The van der Waals surface area contributed by atoms with Gasteiger partial charge in [-0.15, -0.1) is 0 Å². The van der Waals surface area contributed by atoms with E-state index in [1.807, 2.05) is 0 Å². The number of carbonyl (C=O) groups excluding carboxylic acids is 2. The molecule has 0 atom stereocenters. The summed E-state index contributed by atoms with van der Waals surface area (Å²) in [6.07, 6.45) is 7.71. The van der Waals surface area contributed by atoms with Crippen LogP contribution in [0.3, 0.4) is 0 Å². The molecule has 1 aromatic rings. The average Bonchev–Trinajstić information content (AvgIpc) is 2.52. The summed E-state index contributed by atoms with van der Waals surface area (Å²) in [4.78, 5) is 23.6. The summed E-state index contributed by atoms with van der Waals surface area (Å²) in [6, 6.07) is 6.76. The fourth-order valence-electron chi connectivity index (χ4n) is 2.23. The molecule has 0 saturated heterocycles. The van der Waals surface area contributed by atoms with Crippen LogP contribution in [0.5, 0.6) is 0 Å². The molecule has 0 unspecified atom stereocenters. The highest BCUT2D eigenvalue weighted by Crippen LogP contribution is 2.12. The van der Waals surface area contributed by atoms with E-state index in [0.717, 1.165) is 12.8 Å². The van der Waals surface area contributed by atoms with Crippen LogP contribution in [0.4, 0.5) is 0 Å². The van der Waals surface area contributed by atoms with Gasteiger partial charge in [-0.3, -0.25) is 9.59 Å². The Morgan fingerprint density at radius 1 is 0.955 bits per heavy atom. The van der Waals surface area contributed by atoms with Crippen LogP contribution in [0, 0.1) is 0 Å². The highest BCUT2D eigenvalue weighted by atomic mass is 35.5. The van der Waals surface area contributed by atoms with E-state index in [1.54, 1.807) is 24.3 Å². The Hall–Kier alpha value is -1.35. The molecule has 0 spiro atoms. The Kier molecular flexibility index (Phi) is 9.56. The van der Waals surface area contributed by atoms with E-state index in [1.165, 1.54) is 25.7 Å². The minimum Gasteiger partial charge on any atom is -0.356 e. The van der Waals surface area contributed by atoms with E-state index in [9.17, 15) is 9.59 Å². The van der Waals surface area contributed by atoms with Crippen LogP contribution in [0.2, 0.25) is 5.02 Å². The molecule has 1 N–H and O–H groups in total. The lowest BCUT2D eigenvalue weighted by atomic mass is 10.1. The Morgan fingerprint density at radius 2 is 1.59 bits per heavy atom. The quantitative estimate of drug-likeness (QED) is 0.470. The summed E-state index contributed by atoms with van der Waals surface area (Å²) >= 11 is 5.78. The summed E-state index contributed by atoms with van der Waals surface area (Å²) in [5.41, 5.74) is 0.605. The van der Waals surface area contributed by atoms with Gasteiger partial charge in [0, 0.05) is 30.0 Å². The first-order chi connectivity index (χ1) is 10.6. The number of hydrogen-bond donors (Lipinski definition) is 1. The van der Waals surface area contributed by atoms with Gasteiger partial charge in [-0.05, 0) is 30.7 Å². The van der Waals surface area contributed by atoms with Gasteiger partial charge in [0.05, 0.1) is 0 Å². The molecule has 0 radical (unpaired) electrons. The molecule has 0 aromatic heterocycles. The van der Waals surface area contributed by atoms with Gasteiger partial charge in [0.2, 0.25) is 5.91 Å². The van der Waals surface area contributed by atoms with E-state index in [4.69, 9.17) is 11.6 Å². The summed E-state index contributed by atoms with van der Waals surface area (Å²) in [5.74, 6) is -0.0674. The lowest BCUT2D eigenvalue weighted by Gasteiger charge is -2.05. The van der Waals surface area contributed by atoms with Gasteiger partial charge < -0.3 is 5.32 Å². The van der Waals surface area contributed by atoms with Gasteiger partial charge in [0.25, 0.3) is 0 Å². The molecule has 1 amide bonds. The third kappa shape index (κ3) is 8.18. The fourth-order valence-corrected chi connectivity index (χ4v) is 2.35. The number of benzene rings is 1. The number of unbranched alkanes of at least 4 members (excludes halogenated alkanes) is 5. The normalized spacial score (nSPS) is 10.5. The third-order valence-electron chi connectivity index (χ3n) is 3.60. The minimum atomic E-state index is -0.0455. The molecule has 3 nitrogen and oxygen atoms in total. The molecule has 22 heavy (non-hydrogen) atoms. The third-order valence-corrected chi connectivity index (χ3v) is 3.85. The second-order valence-corrected chi connectivity index (χ2v) is 5.98. The zero-order valence-electron chi connectivity index (χ0n) is 13.4. The zero-order chi connectivity index (χ0) is 16.2. The first kappa shape index (κ1) is 18.7. The summed E-state index contributed by atoms with van der Waals surface area (Å²) in [7, 11) is 0. The maximum atomic E-state index is 11.9. The SMILES string of the molecule is CCCCCCCCNC(=O)CCC(=O)c1ccc(Cl)cc1. The maximum Gasteiger partial charge on any atom is 0.220 e. The second kappa shape index (κ2) is 11.2. The van der Waals surface area contributed by atoms with Gasteiger partial charge in [-0.25, -0.2) is 0 Å². The molecular weight excluding hydrogens is 298 g/mol. The van der Waals surface area contributed by atoms with Crippen molar-refractivity contribution in [1.29, 1.82) is 0 Å². The van der Waals surface area contributed by atoms with Crippen molar-refractivity contribution in [2.75, 3.05) is 6.54 Å². The monoisotopic (exact) mass is 323 g/mol. The van der Waals surface area contributed by atoms with Crippen LogP contribution < -0.4 is 5.32 Å². The first-order valence-electron chi connectivity index (χ1n) is 8.19. The van der Waals surface area contributed by atoms with Gasteiger partial charge in [-0.1, -0.05) is 50.6 Å². The molecule has 0 bridgehead atoms. The van der Waals surface area contributed by atoms with Crippen LogP contribution in [0.1, 0.15) is 68.6 Å². The topological polar surface area (TPSA) is 46.2 Å². The Balaban J connectivity index is 2.10. The lowest BCUT2D eigenvalue weighted by Crippen LogP contribution is -2.24. The molecule has 0 aliphatic rings. The Bertz CT molecular complexity index is 457. The highest BCUT2D eigenvalue weighted by Gasteiger charge is 2.08. The molecule has 0 heterocycles. The highest BCUT2D eigenvalue weighted by molar-refractivity contribution is 6.30. The van der Waals surface area contributed by atoms with Crippen LogP contribution in [-0.2, 0) is 4.79 Å². The average molecular weight is 324 g/mol. The van der Waals surface area contributed by atoms with Gasteiger partial charge in [0.15, 0.2) is 5.78 Å². The number of hydrogen-bond acceptors (Lipinski definition) is 2. The number of carbonyl (C=O) groups is 2. The van der Waals surface area contributed by atoms with E-state index in [0.29, 0.717) is 17.1 Å². The number of rotatable bonds is 11. The summed E-state index contributed by atoms with van der Waals surface area (Å²) in [5, 5.41) is 3.48. The summed E-state index contributed by atoms with van der Waals surface area (Å²) < 4.78 is 0. The first-order valence-corrected chi connectivity index (χ1v) is 8.56. The molecule has 0 aliphatic heterocycles. The molecular formula is C18H26ClNO2.